The molecule has 0 fully saturated rings. The van der Waals surface area contributed by atoms with Crippen molar-refractivity contribution in [1.82, 2.24) is 24.9 Å². The molecule has 2 aromatic heterocycles. The molecule has 9 heteroatoms. The lowest BCUT2D eigenvalue weighted by Gasteiger charge is -2.02. The second-order valence-electron chi connectivity index (χ2n) is 5.13. The molecule has 0 amide bonds. The molecule has 0 radical (unpaired) electrons. The van der Waals surface area contributed by atoms with Gasteiger partial charge in [0.25, 0.3) is 0 Å². The fraction of sp³-hybridized carbons (Fsp3) is 0.333. The van der Waals surface area contributed by atoms with E-state index in [2.05, 4.69) is 27.3 Å². The van der Waals surface area contributed by atoms with Gasteiger partial charge >= 0.3 is 5.69 Å². The quantitative estimate of drug-likeness (QED) is 0.645. The number of rotatable bonds is 7. The number of benzene rings is 1. The first-order valence-electron chi connectivity index (χ1n) is 7.54. The number of thioether (sulfide) groups is 1. The van der Waals surface area contributed by atoms with Gasteiger partial charge in [-0.1, -0.05) is 54.0 Å². The third-order valence-electron chi connectivity index (χ3n) is 3.33. The first kappa shape index (κ1) is 16.8. The van der Waals surface area contributed by atoms with Crippen LogP contribution in [0.15, 0.2) is 38.7 Å². The summed E-state index contributed by atoms with van der Waals surface area (Å²) in [6, 6.07) is 7.26. The molecule has 0 aliphatic rings. The zero-order valence-electron chi connectivity index (χ0n) is 13.0. The van der Waals surface area contributed by atoms with Crippen molar-refractivity contribution in [2.75, 3.05) is 0 Å². The first-order chi connectivity index (χ1) is 11.7. The molecule has 3 rings (SSSR count). The van der Waals surface area contributed by atoms with E-state index in [-0.39, 0.29) is 5.69 Å². The molecule has 0 spiro atoms. The molecule has 0 atom stereocenters. The van der Waals surface area contributed by atoms with Gasteiger partial charge in [0.15, 0.2) is 5.16 Å². The minimum atomic E-state index is -0.198. The van der Waals surface area contributed by atoms with Gasteiger partial charge in [0.1, 0.15) is 0 Å². The molecule has 1 N–H and O–H groups in total. The van der Waals surface area contributed by atoms with E-state index in [1.807, 2.05) is 12.1 Å². The van der Waals surface area contributed by atoms with Gasteiger partial charge in [-0.3, -0.25) is 4.57 Å². The fourth-order valence-electron chi connectivity index (χ4n) is 2.11. The van der Waals surface area contributed by atoms with Crippen LogP contribution in [-0.2, 0) is 12.3 Å². The van der Waals surface area contributed by atoms with Crippen LogP contribution in [0.5, 0.6) is 0 Å². The average Bonchev–Trinajstić information content (AvgIpc) is 3.18. The number of aromatic nitrogens is 5. The number of halogens is 1. The number of nitrogens with one attached hydrogen (secondary N) is 1. The van der Waals surface area contributed by atoms with Crippen LogP contribution in [0.1, 0.15) is 25.7 Å². The summed E-state index contributed by atoms with van der Waals surface area (Å²) in [5.41, 5.74) is 0.596. The maximum Gasteiger partial charge on any atom is 0.343 e. The summed E-state index contributed by atoms with van der Waals surface area (Å²) in [7, 11) is 0. The molecule has 126 valence electrons. The average molecular weight is 366 g/mol. The monoisotopic (exact) mass is 365 g/mol. The Bertz CT molecular complexity index is 873. The maximum absolute atomic E-state index is 11.7. The van der Waals surface area contributed by atoms with E-state index in [4.69, 9.17) is 16.1 Å². The lowest BCUT2D eigenvalue weighted by molar-refractivity contribution is 0.391. The van der Waals surface area contributed by atoms with Crippen LogP contribution < -0.4 is 5.69 Å². The third kappa shape index (κ3) is 3.88. The van der Waals surface area contributed by atoms with Gasteiger partial charge < -0.3 is 4.52 Å². The molecule has 0 aliphatic heterocycles. The van der Waals surface area contributed by atoms with Gasteiger partial charge in [-0.25, -0.2) is 9.89 Å². The molecular weight excluding hydrogens is 350 g/mol. The van der Waals surface area contributed by atoms with Gasteiger partial charge in [0.05, 0.1) is 5.75 Å². The summed E-state index contributed by atoms with van der Waals surface area (Å²) in [5, 5.41) is 11.7. The summed E-state index contributed by atoms with van der Waals surface area (Å²) in [6.45, 7) is 2.72. The molecule has 0 unspecified atom stereocenters. The Hall–Kier alpha value is -2.06. The van der Waals surface area contributed by atoms with E-state index < -0.39 is 0 Å². The summed E-state index contributed by atoms with van der Waals surface area (Å²) >= 11 is 7.35. The molecule has 0 saturated carbocycles. The van der Waals surface area contributed by atoms with Gasteiger partial charge in [-0.15, -0.1) is 5.10 Å². The van der Waals surface area contributed by atoms with Gasteiger partial charge in [-0.2, -0.15) is 4.98 Å². The second-order valence-corrected chi connectivity index (χ2v) is 6.51. The number of hydrogen-bond acceptors (Lipinski definition) is 6. The lowest BCUT2D eigenvalue weighted by atomic mass is 10.2. The molecule has 0 bridgehead atoms. The summed E-state index contributed by atoms with van der Waals surface area (Å²) in [5.74, 6) is 1.38. The highest BCUT2D eigenvalue weighted by Gasteiger charge is 2.13. The first-order valence-corrected chi connectivity index (χ1v) is 8.90. The molecule has 0 saturated heterocycles. The number of nitrogens with zero attached hydrogens (tertiary/aromatic N) is 4. The standard InChI is InChI=1S/C15H16ClN5O2S/c1-2-3-7-21-14(22)18-19-15(21)24-9-12-17-13(20-23-12)10-5-4-6-11(16)8-10/h4-6,8H,2-3,7,9H2,1H3,(H,18,22). The predicted molar refractivity (Wildman–Crippen MR) is 92.1 cm³/mol. The SMILES string of the molecule is CCCCn1c(SCc2nc(-c3cccc(Cl)c3)no2)n[nH]c1=O. The smallest absolute Gasteiger partial charge is 0.338 e. The summed E-state index contributed by atoms with van der Waals surface area (Å²) in [4.78, 5) is 16.1. The molecule has 24 heavy (non-hydrogen) atoms. The number of hydrogen-bond donors (Lipinski definition) is 1. The number of H-pyrrole nitrogens is 1. The van der Waals surface area contributed by atoms with Crippen molar-refractivity contribution >= 4 is 23.4 Å². The highest BCUT2D eigenvalue weighted by atomic mass is 35.5. The molecule has 7 nitrogen and oxygen atoms in total. The van der Waals surface area contributed by atoms with E-state index in [9.17, 15) is 4.79 Å². The Labute approximate surface area is 147 Å². The van der Waals surface area contributed by atoms with E-state index in [0.29, 0.717) is 34.2 Å². The molecule has 2 heterocycles. The Morgan fingerprint density at radius 3 is 3.08 bits per heavy atom. The van der Waals surface area contributed by atoms with Crippen LogP contribution in [0.2, 0.25) is 5.02 Å². The van der Waals surface area contributed by atoms with Crippen molar-refractivity contribution in [2.24, 2.45) is 0 Å². The molecule has 3 aromatic rings. The number of aromatic amines is 1. The Morgan fingerprint density at radius 1 is 1.42 bits per heavy atom. The number of unbranched alkanes of at least 4 members (excludes halogenated alkanes) is 1. The minimum Gasteiger partial charge on any atom is -0.338 e. The fourth-order valence-corrected chi connectivity index (χ4v) is 3.11. The largest absolute Gasteiger partial charge is 0.343 e. The van der Waals surface area contributed by atoms with Crippen molar-refractivity contribution in [3.05, 3.63) is 45.7 Å². The van der Waals surface area contributed by atoms with Crippen molar-refractivity contribution in [2.45, 2.75) is 37.2 Å². The predicted octanol–water partition coefficient (Wildman–Crippen LogP) is 3.37. The Balaban J connectivity index is 1.69. The highest BCUT2D eigenvalue weighted by molar-refractivity contribution is 7.98. The van der Waals surface area contributed by atoms with E-state index in [1.165, 1.54) is 11.8 Å². The zero-order valence-corrected chi connectivity index (χ0v) is 14.6. The van der Waals surface area contributed by atoms with E-state index >= 15 is 0 Å². The summed E-state index contributed by atoms with van der Waals surface area (Å²) in [6.07, 6.45) is 1.93. The third-order valence-corrected chi connectivity index (χ3v) is 4.53. The second kappa shape index (κ2) is 7.67. The van der Waals surface area contributed by atoms with E-state index in [1.54, 1.807) is 16.7 Å². The van der Waals surface area contributed by atoms with Crippen molar-refractivity contribution in [1.29, 1.82) is 0 Å². The van der Waals surface area contributed by atoms with Gasteiger partial charge in [0, 0.05) is 17.1 Å². The minimum absolute atomic E-state index is 0.198. The topological polar surface area (TPSA) is 89.6 Å². The van der Waals surface area contributed by atoms with Crippen molar-refractivity contribution < 1.29 is 4.52 Å². The van der Waals surface area contributed by atoms with Gasteiger partial charge in [-0.05, 0) is 18.6 Å². The van der Waals surface area contributed by atoms with Crippen molar-refractivity contribution in [3.63, 3.8) is 0 Å². The van der Waals surface area contributed by atoms with Crippen molar-refractivity contribution in [3.8, 4) is 11.4 Å². The van der Waals surface area contributed by atoms with Crippen LogP contribution >= 0.6 is 23.4 Å². The van der Waals surface area contributed by atoms with Gasteiger partial charge in [0.2, 0.25) is 11.7 Å². The lowest BCUT2D eigenvalue weighted by Crippen LogP contribution is -2.17. The van der Waals surface area contributed by atoms with Crippen LogP contribution in [0.3, 0.4) is 0 Å². The Kier molecular flexibility index (Phi) is 5.37. The van der Waals surface area contributed by atoms with Crippen LogP contribution in [0.25, 0.3) is 11.4 Å². The molecular formula is C15H16ClN5O2S. The maximum atomic E-state index is 11.7. The Morgan fingerprint density at radius 2 is 2.29 bits per heavy atom. The summed E-state index contributed by atoms with van der Waals surface area (Å²) < 4.78 is 6.89. The molecule has 0 aliphatic carbocycles. The normalized spacial score (nSPS) is 11.1. The van der Waals surface area contributed by atoms with Crippen LogP contribution in [0.4, 0.5) is 0 Å². The van der Waals surface area contributed by atoms with E-state index in [0.717, 1.165) is 18.4 Å². The zero-order chi connectivity index (χ0) is 16.9. The van der Waals surface area contributed by atoms with Crippen LogP contribution in [-0.4, -0.2) is 24.9 Å². The molecule has 1 aromatic carbocycles. The van der Waals surface area contributed by atoms with Crippen LogP contribution in [0, 0.1) is 0 Å². The highest BCUT2D eigenvalue weighted by Crippen LogP contribution is 2.23.